The summed E-state index contributed by atoms with van der Waals surface area (Å²) in [7, 11) is 0. The molecular formula is C9H8Cl2N6O. The quantitative estimate of drug-likeness (QED) is 0.574. The fraction of sp³-hybridized carbons (Fsp3) is 0.111. The molecule has 4 N–H and O–H groups in total. The molecule has 0 radical (unpaired) electrons. The van der Waals surface area contributed by atoms with Gasteiger partial charge in [-0.1, -0.05) is 11.6 Å². The number of rotatable bonds is 2. The van der Waals surface area contributed by atoms with Gasteiger partial charge in [-0.2, -0.15) is 5.10 Å². The molecule has 0 unspecified atom stereocenters. The third-order valence-corrected chi connectivity index (χ3v) is 2.48. The number of nitrogens with one attached hydrogen (secondary N) is 2. The van der Waals surface area contributed by atoms with Crippen molar-refractivity contribution >= 4 is 40.6 Å². The number of carbonyl (C=O) groups excluding carboxylic acids is 1. The van der Waals surface area contributed by atoms with E-state index in [1.165, 1.54) is 6.07 Å². The van der Waals surface area contributed by atoms with Crippen LogP contribution in [0.15, 0.2) is 6.07 Å². The lowest BCUT2D eigenvalue weighted by atomic mass is 10.3. The number of anilines is 2. The van der Waals surface area contributed by atoms with E-state index in [1.807, 2.05) is 0 Å². The first-order valence-electron chi connectivity index (χ1n) is 4.79. The predicted molar refractivity (Wildman–Crippen MR) is 67.7 cm³/mol. The number of halogens is 2. The fourth-order valence-corrected chi connectivity index (χ4v) is 1.65. The van der Waals surface area contributed by atoms with Gasteiger partial charge < -0.3 is 11.1 Å². The van der Waals surface area contributed by atoms with Gasteiger partial charge in [-0.05, 0) is 18.5 Å². The van der Waals surface area contributed by atoms with Gasteiger partial charge in [0, 0.05) is 6.07 Å². The first kappa shape index (κ1) is 12.6. The number of aromatic amines is 1. The topological polar surface area (TPSA) is 110 Å². The van der Waals surface area contributed by atoms with E-state index in [1.54, 1.807) is 6.92 Å². The van der Waals surface area contributed by atoms with Crippen molar-refractivity contribution in [2.24, 2.45) is 0 Å². The van der Waals surface area contributed by atoms with Crippen LogP contribution in [0, 0.1) is 6.92 Å². The molecule has 94 valence electrons. The van der Waals surface area contributed by atoms with Crippen LogP contribution in [0.3, 0.4) is 0 Å². The maximum absolute atomic E-state index is 11.9. The van der Waals surface area contributed by atoms with E-state index in [0.29, 0.717) is 5.69 Å². The van der Waals surface area contributed by atoms with Gasteiger partial charge in [0.25, 0.3) is 5.91 Å². The number of aryl methyl sites for hydroxylation is 1. The van der Waals surface area contributed by atoms with Crippen molar-refractivity contribution in [2.45, 2.75) is 6.92 Å². The van der Waals surface area contributed by atoms with Gasteiger partial charge in [-0.25, -0.2) is 9.97 Å². The zero-order valence-electron chi connectivity index (χ0n) is 9.16. The minimum Gasteiger partial charge on any atom is -0.395 e. The number of nitrogens with zero attached hydrogens (tertiary/aromatic N) is 3. The summed E-state index contributed by atoms with van der Waals surface area (Å²) in [4.78, 5) is 19.3. The second-order valence-corrected chi connectivity index (χ2v) is 4.14. The third-order valence-electron chi connectivity index (χ3n) is 2.12. The highest BCUT2D eigenvalue weighted by atomic mass is 35.5. The largest absolute Gasteiger partial charge is 0.395 e. The van der Waals surface area contributed by atoms with Gasteiger partial charge in [-0.15, -0.1) is 0 Å². The number of amides is 1. The minimum absolute atomic E-state index is 0.0658. The Morgan fingerprint density at radius 2 is 2.17 bits per heavy atom. The van der Waals surface area contributed by atoms with Crippen LogP contribution < -0.4 is 11.1 Å². The van der Waals surface area contributed by atoms with Crippen molar-refractivity contribution in [3.8, 4) is 0 Å². The molecule has 0 spiro atoms. The number of aromatic nitrogens is 4. The second kappa shape index (κ2) is 4.79. The smallest absolute Gasteiger partial charge is 0.279 e. The van der Waals surface area contributed by atoms with Crippen molar-refractivity contribution in [1.82, 2.24) is 20.2 Å². The van der Waals surface area contributed by atoms with Gasteiger partial charge in [0.2, 0.25) is 5.28 Å². The summed E-state index contributed by atoms with van der Waals surface area (Å²) in [5.41, 5.74) is 6.65. The molecule has 9 heteroatoms. The van der Waals surface area contributed by atoms with Crippen LogP contribution in [0.25, 0.3) is 0 Å². The summed E-state index contributed by atoms with van der Waals surface area (Å²) in [6.07, 6.45) is 0. The van der Waals surface area contributed by atoms with Crippen molar-refractivity contribution in [3.63, 3.8) is 0 Å². The Kier molecular flexibility index (Phi) is 3.35. The standard InChI is InChI=1S/C9H8Cl2N6O/c1-3-6(12)7(17-16-3)8(18)14-5-2-4(10)13-9(11)15-5/h2H,12H2,1H3,(H,16,17)(H,13,14,15,18). The first-order valence-corrected chi connectivity index (χ1v) is 5.55. The molecule has 0 atom stereocenters. The molecule has 0 aliphatic rings. The molecule has 2 heterocycles. The van der Waals surface area contributed by atoms with Crippen molar-refractivity contribution in [1.29, 1.82) is 0 Å². The normalized spacial score (nSPS) is 10.4. The summed E-state index contributed by atoms with van der Waals surface area (Å²) in [5.74, 6) is -0.340. The number of hydrogen-bond acceptors (Lipinski definition) is 5. The van der Waals surface area contributed by atoms with Crippen LogP contribution in [0.1, 0.15) is 16.2 Å². The molecule has 0 saturated carbocycles. The minimum atomic E-state index is -0.511. The number of nitrogens with two attached hydrogens (primary N) is 1. The highest BCUT2D eigenvalue weighted by molar-refractivity contribution is 6.32. The summed E-state index contributed by atoms with van der Waals surface area (Å²) in [6, 6.07) is 1.36. The number of hydrogen-bond donors (Lipinski definition) is 3. The Bertz CT molecular complexity index is 591. The Balaban J connectivity index is 2.24. The van der Waals surface area contributed by atoms with Crippen LogP contribution in [-0.4, -0.2) is 26.1 Å². The molecule has 7 nitrogen and oxygen atoms in total. The van der Waals surface area contributed by atoms with Crippen LogP contribution >= 0.6 is 23.2 Å². The molecule has 0 fully saturated rings. The lowest BCUT2D eigenvalue weighted by Crippen LogP contribution is -2.15. The van der Waals surface area contributed by atoms with E-state index in [4.69, 9.17) is 28.9 Å². The Morgan fingerprint density at radius 1 is 1.44 bits per heavy atom. The monoisotopic (exact) mass is 286 g/mol. The summed E-state index contributed by atoms with van der Waals surface area (Å²) >= 11 is 11.3. The summed E-state index contributed by atoms with van der Waals surface area (Å²) in [6.45, 7) is 1.71. The zero-order chi connectivity index (χ0) is 13.3. The molecule has 1 amide bonds. The third kappa shape index (κ3) is 2.52. The molecule has 0 saturated heterocycles. The Labute approximate surface area is 112 Å². The zero-order valence-corrected chi connectivity index (χ0v) is 10.7. The van der Waals surface area contributed by atoms with Crippen molar-refractivity contribution in [2.75, 3.05) is 11.1 Å². The summed E-state index contributed by atoms with van der Waals surface area (Å²) < 4.78 is 0. The molecule has 2 aromatic heterocycles. The second-order valence-electron chi connectivity index (χ2n) is 3.41. The van der Waals surface area contributed by atoms with Gasteiger partial charge in [0.1, 0.15) is 11.0 Å². The molecule has 2 rings (SSSR count). The molecule has 0 aliphatic heterocycles. The molecule has 0 aliphatic carbocycles. The first-order chi connectivity index (χ1) is 8.47. The molecule has 2 aromatic rings. The fourth-order valence-electron chi connectivity index (χ4n) is 1.24. The Morgan fingerprint density at radius 3 is 2.72 bits per heavy atom. The van der Waals surface area contributed by atoms with E-state index in [0.717, 1.165) is 0 Å². The predicted octanol–water partition coefficient (Wildman–Crippen LogP) is 1.65. The molecule has 0 aromatic carbocycles. The van der Waals surface area contributed by atoms with Gasteiger partial charge >= 0.3 is 0 Å². The van der Waals surface area contributed by atoms with Gasteiger partial charge in [0.05, 0.1) is 11.4 Å². The van der Waals surface area contributed by atoms with E-state index in [2.05, 4.69) is 25.5 Å². The maximum atomic E-state index is 11.9. The van der Waals surface area contributed by atoms with Gasteiger partial charge in [0.15, 0.2) is 5.69 Å². The van der Waals surface area contributed by atoms with Crippen LogP contribution in [0.5, 0.6) is 0 Å². The number of nitrogen functional groups attached to an aromatic ring is 1. The van der Waals surface area contributed by atoms with Crippen molar-refractivity contribution in [3.05, 3.63) is 27.9 Å². The highest BCUT2D eigenvalue weighted by Crippen LogP contribution is 2.17. The lowest BCUT2D eigenvalue weighted by molar-refractivity contribution is 0.102. The van der Waals surface area contributed by atoms with E-state index in [9.17, 15) is 4.79 Å². The van der Waals surface area contributed by atoms with E-state index < -0.39 is 5.91 Å². The number of carbonyl (C=O) groups is 1. The SMILES string of the molecule is Cc1[nH]nc(C(=O)Nc2cc(Cl)nc(Cl)n2)c1N. The van der Waals surface area contributed by atoms with Crippen LogP contribution in [-0.2, 0) is 0 Å². The van der Waals surface area contributed by atoms with Crippen LogP contribution in [0.2, 0.25) is 10.4 Å². The van der Waals surface area contributed by atoms with Gasteiger partial charge in [-0.3, -0.25) is 9.89 Å². The van der Waals surface area contributed by atoms with Crippen molar-refractivity contribution < 1.29 is 4.79 Å². The average molecular weight is 287 g/mol. The molecule has 18 heavy (non-hydrogen) atoms. The highest BCUT2D eigenvalue weighted by Gasteiger charge is 2.16. The molecular weight excluding hydrogens is 279 g/mol. The van der Waals surface area contributed by atoms with E-state index in [-0.39, 0.29) is 27.6 Å². The van der Waals surface area contributed by atoms with E-state index >= 15 is 0 Å². The lowest BCUT2D eigenvalue weighted by Gasteiger charge is -2.03. The summed E-state index contributed by atoms with van der Waals surface area (Å²) in [5, 5.41) is 8.92. The molecule has 0 bridgehead atoms. The Hall–Kier alpha value is -1.86. The maximum Gasteiger partial charge on any atom is 0.279 e. The van der Waals surface area contributed by atoms with Crippen LogP contribution in [0.4, 0.5) is 11.5 Å². The average Bonchev–Trinajstić information content (AvgIpc) is 2.58. The number of H-pyrrole nitrogens is 1.